The van der Waals surface area contributed by atoms with E-state index in [1.807, 2.05) is 0 Å². The predicted molar refractivity (Wildman–Crippen MR) is 77.5 cm³/mol. The third kappa shape index (κ3) is 3.93. The van der Waals surface area contributed by atoms with Crippen molar-refractivity contribution in [3.05, 3.63) is 18.3 Å². The van der Waals surface area contributed by atoms with Gasteiger partial charge in [-0.1, -0.05) is 25.7 Å². The monoisotopic (exact) mass is 298 g/mol. The summed E-state index contributed by atoms with van der Waals surface area (Å²) in [5.74, 6) is 0.157. The van der Waals surface area contributed by atoms with Gasteiger partial charge in [-0.15, -0.1) is 0 Å². The van der Waals surface area contributed by atoms with Gasteiger partial charge in [0.1, 0.15) is 11.5 Å². The van der Waals surface area contributed by atoms with Crippen LogP contribution in [0.25, 0.3) is 0 Å². The highest BCUT2D eigenvalue weighted by Gasteiger charge is 2.28. The molecule has 1 fully saturated rings. The molecule has 0 spiro atoms. The maximum Gasteiger partial charge on any atom is 0.232 e. The van der Waals surface area contributed by atoms with E-state index in [9.17, 15) is 8.42 Å². The molecule has 20 heavy (non-hydrogen) atoms. The Kier molecular flexibility index (Phi) is 4.65. The average molecular weight is 298 g/mol. The van der Waals surface area contributed by atoms with Gasteiger partial charge in [-0.25, -0.2) is 13.4 Å². The van der Waals surface area contributed by atoms with E-state index < -0.39 is 9.84 Å². The second-order valence-electron chi connectivity index (χ2n) is 5.64. The van der Waals surface area contributed by atoms with Crippen molar-refractivity contribution in [2.45, 2.75) is 49.0 Å². The fourth-order valence-corrected chi connectivity index (χ4v) is 3.31. The lowest BCUT2D eigenvalue weighted by Gasteiger charge is -2.27. The summed E-state index contributed by atoms with van der Waals surface area (Å²) in [5, 5.41) is 0. The average Bonchev–Trinajstić information content (AvgIpc) is 2.61. The van der Waals surface area contributed by atoms with Crippen molar-refractivity contribution in [3.63, 3.8) is 0 Å². The number of nitrogens with two attached hydrogens (primary N) is 1. The minimum absolute atomic E-state index is 0.122. The largest absolute Gasteiger partial charge is 0.475 e. The lowest BCUT2D eigenvalue weighted by atomic mass is 9.93. The fourth-order valence-electron chi connectivity index (χ4n) is 2.56. The lowest BCUT2D eigenvalue weighted by molar-refractivity contribution is 0.189. The summed E-state index contributed by atoms with van der Waals surface area (Å²) in [7, 11) is -3.34. The molecule has 0 saturated heterocycles. The molecule has 0 radical (unpaired) electrons. The third-order valence-electron chi connectivity index (χ3n) is 3.73. The van der Waals surface area contributed by atoms with E-state index in [1.54, 1.807) is 6.07 Å². The lowest BCUT2D eigenvalue weighted by Crippen LogP contribution is -2.45. The van der Waals surface area contributed by atoms with Crippen LogP contribution in [-0.4, -0.2) is 31.8 Å². The molecule has 2 rings (SSSR count). The van der Waals surface area contributed by atoms with Gasteiger partial charge in [0.05, 0.1) is 5.54 Å². The topological polar surface area (TPSA) is 82.3 Å². The van der Waals surface area contributed by atoms with Crippen LogP contribution in [-0.2, 0) is 9.84 Å². The fraction of sp³-hybridized carbons (Fsp3) is 0.643. The molecule has 2 N–H and O–H groups in total. The summed E-state index contributed by atoms with van der Waals surface area (Å²) in [6.45, 7) is 0.312. The van der Waals surface area contributed by atoms with E-state index in [0.29, 0.717) is 6.61 Å². The Bertz CT molecular complexity index is 549. The molecule has 0 aliphatic heterocycles. The molecule has 0 bridgehead atoms. The molecule has 1 saturated carbocycles. The van der Waals surface area contributed by atoms with Gasteiger partial charge in [-0.05, 0) is 25.0 Å². The first-order valence-electron chi connectivity index (χ1n) is 6.97. The van der Waals surface area contributed by atoms with Gasteiger partial charge in [0.25, 0.3) is 0 Å². The van der Waals surface area contributed by atoms with Crippen LogP contribution in [0.2, 0.25) is 0 Å². The van der Waals surface area contributed by atoms with Crippen LogP contribution in [0.1, 0.15) is 38.5 Å². The van der Waals surface area contributed by atoms with E-state index in [0.717, 1.165) is 31.9 Å². The summed E-state index contributed by atoms with van der Waals surface area (Å²) in [4.78, 5) is 4.15. The third-order valence-corrected chi connectivity index (χ3v) is 4.84. The highest BCUT2D eigenvalue weighted by molar-refractivity contribution is 7.90. The SMILES string of the molecule is CS(=O)(=O)c1cccnc1OCC1(N)CCCCCC1. The van der Waals surface area contributed by atoms with E-state index >= 15 is 0 Å². The normalized spacial score (nSPS) is 19.3. The molecule has 0 unspecified atom stereocenters. The van der Waals surface area contributed by atoms with Crippen molar-refractivity contribution in [2.24, 2.45) is 5.73 Å². The second kappa shape index (κ2) is 6.10. The summed E-state index contributed by atoms with van der Waals surface area (Å²) >= 11 is 0. The highest BCUT2D eigenvalue weighted by Crippen LogP contribution is 2.27. The minimum Gasteiger partial charge on any atom is -0.475 e. The second-order valence-corrected chi connectivity index (χ2v) is 7.63. The minimum atomic E-state index is -3.34. The van der Waals surface area contributed by atoms with Crippen LogP contribution in [0.5, 0.6) is 5.88 Å². The van der Waals surface area contributed by atoms with Crippen LogP contribution in [0.3, 0.4) is 0 Å². The van der Waals surface area contributed by atoms with Crippen molar-refractivity contribution in [1.29, 1.82) is 0 Å². The molecule has 0 aromatic carbocycles. The zero-order chi connectivity index (χ0) is 14.6. The number of hydrogen-bond acceptors (Lipinski definition) is 5. The molecule has 1 aliphatic rings. The Morgan fingerprint density at radius 2 is 1.95 bits per heavy atom. The summed E-state index contributed by atoms with van der Waals surface area (Å²) in [6.07, 6.45) is 9.11. The number of ether oxygens (including phenoxy) is 1. The Morgan fingerprint density at radius 1 is 1.30 bits per heavy atom. The van der Waals surface area contributed by atoms with E-state index in [1.165, 1.54) is 25.1 Å². The Morgan fingerprint density at radius 3 is 2.55 bits per heavy atom. The molecule has 1 heterocycles. The predicted octanol–water partition coefficient (Wildman–Crippen LogP) is 1.92. The molecule has 5 nitrogen and oxygen atoms in total. The molecule has 0 amide bonds. The molecule has 1 aromatic heterocycles. The number of rotatable bonds is 4. The Labute approximate surface area is 120 Å². The number of nitrogens with zero attached hydrogens (tertiary/aromatic N) is 1. The maximum atomic E-state index is 11.7. The van der Waals surface area contributed by atoms with Crippen molar-refractivity contribution in [3.8, 4) is 5.88 Å². The quantitative estimate of drug-likeness (QED) is 0.859. The number of aromatic nitrogens is 1. The van der Waals surface area contributed by atoms with Gasteiger partial charge >= 0.3 is 0 Å². The van der Waals surface area contributed by atoms with Crippen molar-refractivity contribution >= 4 is 9.84 Å². The molecule has 6 heteroatoms. The van der Waals surface area contributed by atoms with Crippen LogP contribution >= 0.6 is 0 Å². The highest BCUT2D eigenvalue weighted by atomic mass is 32.2. The van der Waals surface area contributed by atoms with Gasteiger partial charge in [-0.2, -0.15) is 0 Å². The maximum absolute atomic E-state index is 11.7. The summed E-state index contributed by atoms with van der Waals surface area (Å²) in [5.41, 5.74) is 5.99. The molecule has 1 aliphatic carbocycles. The van der Waals surface area contributed by atoms with Gasteiger partial charge in [0.15, 0.2) is 9.84 Å². The van der Waals surface area contributed by atoms with E-state index in [-0.39, 0.29) is 16.3 Å². The van der Waals surface area contributed by atoms with Crippen LogP contribution in [0.4, 0.5) is 0 Å². The smallest absolute Gasteiger partial charge is 0.232 e. The van der Waals surface area contributed by atoms with E-state index in [2.05, 4.69) is 4.98 Å². The number of pyridine rings is 1. The summed E-state index contributed by atoms with van der Waals surface area (Å²) in [6, 6.07) is 3.10. The first-order valence-corrected chi connectivity index (χ1v) is 8.87. The van der Waals surface area contributed by atoms with Crippen molar-refractivity contribution in [2.75, 3.05) is 12.9 Å². The molecular formula is C14H22N2O3S. The van der Waals surface area contributed by atoms with Crippen LogP contribution in [0, 0.1) is 0 Å². The van der Waals surface area contributed by atoms with Crippen molar-refractivity contribution < 1.29 is 13.2 Å². The zero-order valence-electron chi connectivity index (χ0n) is 11.8. The van der Waals surface area contributed by atoms with Gasteiger partial charge in [0, 0.05) is 12.5 Å². The Hall–Kier alpha value is -1.14. The first kappa shape index (κ1) is 15.3. The standard InChI is InChI=1S/C14H22N2O3S/c1-20(17,18)12-7-6-10-16-13(12)19-11-14(15)8-4-2-3-5-9-14/h6-7,10H,2-5,8-9,11,15H2,1H3. The molecular weight excluding hydrogens is 276 g/mol. The Balaban J connectivity index is 2.11. The molecule has 1 aromatic rings. The van der Waals surface area contributed by atoms with Crippen LogP contribution in [0.15, 0.2) is 23.2 Å². The van der Waals surface area contributed by atoms with Gasteiger partial charge in [0.2, 0.25) is 5.88 Å². The summed E-state index contributed by atoms with van der Waals surface area (Å²) < 4.78 is 29.0. The van der Waals surface area contributed by atoms with Gasteiger partial charge in [-0.3, -0.25) is 0 Å². The number of hydrogen-bond donors (Lipinski definition) is 1. The van der Waals surface area contributed by atoms with Crippen molar-refractivity contribution in [1.82, 2.24) is 4.98 Å². The van der Waals surface area contributed by atoms with Gasteiger partial charge < -0.3 is 10.5 Å². The van der Waals surface area contributed by atoms with Crippen LogP contribution < -0.4 is 10.5 Å². The first-order chi connectivity index (χ1) is 9.41. The number of sulfone groups is 1. The van der Waals surface area contributed by atoms with E-state index in [4.69, 9.17) is 10.5 Å². The zero-order valence-corrected chi connectivity index (χ0v) is 12.7. The molecule has 0 atom stereocenters. The molecule has 112 valence electrons.